The smallest absolute Gasteiger partial charge is 0.394 e. The van der Waals surface area contributed by atoms with E-state index in [0.29, 0.717) is 32.7 Å². The lowest BCUT2D eigenvalue weighted by Gasteiger charge is -2.43. The highest BCUT2D eigenvalue weighted by atomic mass is 31.2. The van der Waals surface area contributed by atoms with Crippen molar-refractivity contribution in [1.82, 2.24) is 0 Å². The highest BCUT2D eigenvalue weighted by Gasteiger charge is 2.42. The minimum Gasteiger partial charge on any atom is -0.822 e. The van der Waals surface area contributed by atoms with Gasteiger partial charge in [-0.05, 0) is 81.6 Å². The molecule has 0 aliphatic heterocycles. The van der Waals surface area contributed by atoms with E-state index in [9.17, 15) is 39.5 Å². The van der Waals surface area contributed by atoms with Gasteiger partial charge in [-0.3, -0.25) is 0 Å². The van der Waals surface area contributed by atoms with Gasteiger partial charge in [-0.1, -0.05) is 20.8 Å². The van der Waals surface area contributed by atoms with Crippen LogP contribution in [0.3, 0.4) is 0 Å². The zero-order valence-electron chi connectivity index (χ0n) is 32.7. The van der Waals surface area contributed by atoms with Gasteiger partial charge in [-0.2, -0.15) is 47.3 Å². The highest BCUT2D eigenvalue weighted by Crippen LogP contribution is 2.31. The molecule has 0 aliphatic rings. The lowest BCUT2D eigenvalue weighted by Crippen LogP contribution is -2.56. The summed E-state index contributed by atoms with van der Waals surface area (Å²) >= 11 is 0. The Morgan fingerprint density at radius 1 is 0.400 bits per heavy atom. The monoisotopic (exact) mass is 773 g/mol. The van der Waals surface area contributed by atoms with Crippen molar-refractivity contribution in [2.45, 2.75) is 158 Å². The number of rotatable bonds is 18. The molecule has 0 spiro atoms. The van der Waals surface area contributed by atoms with Crippen molar-refractivity contribution in [3.63, 3.8) is 0 Å². The second kappa shape index (κ2) is 25.4. The fourth-order valence-electron chi connectivity index (χ4n) is 7.31. The Morgan fingerprint density at radius 2 is 0.520 bits per heavy atom. The van der Waals surface area contributed by atoms with E-state index in [4.69, 9.17) is 19.2 Å². The molecule has 0 saturated heterocycles. The summed E-state index contributed by atoms with van der Waals surface area (Å²) in [5, 5.41) is 0. The first-order valence-electron chi connectivity index (χ1n) is 18.0. The maximum atomic E-state index is 12.4. The topological polar surface area (TPSA) is 86.2 Å². The molecule has 0 amide bonds. The Balaban J connectivity index is -0.000000296. The van der Waals surface area contributed by atoms with Gasteiger partial charge in [0, 0.05) is 0 Å². The molecule has 0 bridgehead atoms. The normalized spacial score (nSPS) is 15.0. The van der Waals surface area contributed by atoms with Gasteiger partial charge in [0.2, 0.25) is 0 Å². The van der Waals surface area contributed by atoms with Crippen LogP contribution >= 0.6 is 7.82 Å². The SMILES string of the molecule is CCC(CC(F)(F)F)[N+](CC)(CC)CC.CCC(CC(F)(F)F)[N+](CC)(CC)CC.CCC(CC(F)(F)F)[N+](CC)(CC)CC.O=P([O-])([O-])[O-]. The van der Waals surface area contributed by atoms with Crippen LogP contribution in [0.15, 0.2) is 0 Å². The van der Waals surface area contributed by atoms with E-state index in [1.54, 1.807) is 0 Å². The van der Waals surface area contributed by atoms with Crippen LogP contribution in [0, 0.1) is 0 Å². The molecule has 17 heteroatoms. The number of alkyl halides is 9. The van der Waals surface area contributed by atoms with Crippen molar-refractivity contribution in [2.24, 2.45) is 0 Å². The molecule has 308 valence electrons. The fraction of sp³-hybridized carbons (Fsp3) is 1.00. The van der Waals surface area contributed by atoms with Gasteiger partial charge in [0.1, 0.15) is 0 Å². The van der Waals surface area contributed by atoms with Crippen molar-refractivity contribution in [1.29, 1.82) is 0 Å². The number of phosphoric acid groups is 1. The third-order valence-corrected chi connectivity index (χ3v) is 10.8. The molecule has 0 fully saturated rings. The van der Waals surface area contributed by atoms with Gasteiger partial charge in [0.05, 0.1) is 96.3 Å². The van der Waals surface area contributed by atoms with E-state index >= 15 is 0 Å². The number of halogens is 9. The molecule has 0 aliphatic carbocycles. The zero-order chi connectivity index (χ0) is 40.8. The fourth-order valence-corrected chi connectivity index (χ4v) is 7.31. The molecule has 0 saturated carbocycles. The summed E-state index contributed by atoms with van der Waals surface area (Å²) in [4.78, 5) is 25.6. The molecule has 0 aromatic rings. The lowest BCUT2D eigenvalue weighted by atomic mass is 10.1. The molecular formula is C33H69F9N3O4P. The van der Waals surface area contributed by atoms with Gasteiger partial charge < -0.3 is 32.7 Å². The predicted octanol–water partition coefficient (Wildman–Crippen LogP) is 7.96. The van der Waals surface area contributed by atoms with Crippen molar-refractivity contribution in [3.8, 4) is 0 Å². The number of hydrogen-bond acceptors (Lipinski definition) is 4. The van der Waals surface area contributed by atoms with Crippen LogP contribution < -0.4 is 14.7 Å². The molecule has 50 heavy (non-hydrogen) atoms. The summed E-state index contributed by atoms with van der Waals surface area (Å²) in [6.07, 6.45) is -12.3. The van der Waals surface area contributed by atoms with Crippen LogP contribution in [0.25, 0.3) is 0 Å². The first-order chi connectivity index (χ1) is 22.5. The largest absolute Gasteiger partial charge is 0.822 e. The second-order valence-corrected chi connectivity index (χ2v) is 13.5. The van der Waals surface area contributed by atoms with E-state index in [2.05, 4.69) is 0 Å². The first kappa shape index (κ1) is 56.1. The maximum Gasteiger partial charge on any atom is 0.394 e. The molecule has 7 nitrogen and oxygen atoms in total. The highest BCUT2D eigenvalue weighted by molar-refractivity contribution is 7.40. The van der Waals surface area contributed by atoms with Crippen LogP contribution in [0.2, 0.25) is 0 Å². The zero-order valence-corrected chi connectivity index (χ0v) is 33.6. The molecule has 3 unspecified atom stereocenters. The first-order valence-corrected chi connectivity index (χ1v) is 19.5. The van der Waals surface area contributed by atoms with Gasteiger partial charge in [-0.25, -0.2) is 0 Å². The van der Waals surface area contributed by atoms with E-state index in [1.807, 2.05) is 83.1 Å². The van der Waals surface area contributed by atoms with Crippen molar-refractivity contribution in [3.05, 3.63) is 0 Å². The molecule has 0 aromatic heterocycles. The number of nitrogens with zero attached hydrogens (tertiary/aromatic N) is 3. The molecule has 0 aromatic carbocycles. The Bertz CT molecular complexity index is 746. The quantitative estimate of drug-likeness (QED) is 0.0804. The van der Waals surface area contributed by atoms with Gasteiger partial charge in [0.25, 0.3) is 0 Å². The third kappa shape index (κ3) is 23.8. The molecular weight excluding hydrogens is 704 g/mol. The lowest BCUT2D eigenvalue weighted by molar-refractivity contribution is -0.948. The minimum atomic E-state index is -5.39. The Hall–Kier alpha value is -0.640. The number of hydrogen-bond donors (Lipinski definition) is 0. The van der Waals surface area contributed by atoms with Gasteiger partial charge in [-0.15, -0.1) is 0 Å². The molecule has 0 rings (SSSR count). The van der Waals surface area contributed by atoms with E-state index in [0.717, 1.165) is 58.9 Å². The van der Waals surface area contributed by atoms with E-state index < -0.39 is 45.6 Å². The van der Waals surface area contributed by atoms with Crippen LogP contribution in [0.1, 0.15) is 122 Å². The Labute approximate surface area is 297 Å². The average Bonchev–Trinajstić information content (AvgIpc) is 3.00. The van der Waals surface area contributed by atoms with Gasteiger partial charge in [0.15, 0.2) is 0 Å². The van der Waals surface area contributed by atoms with Crippen LogP contribution in [-0.4, -0.2) is 109 Å². The van der Waals surface area contributed by atoms with E-state index in [-0.39, 0.29) is 18.1 Å². The Kier molecular flexibility index (Phi) is 28.5. The standard InChI is InChI=1S/3C11H23F3N.H3O4P/c3*1-5-10(9-11(12,13)14)15(6-2,7-3)8-4;1-5(2,3)4/h3*10H,5-9H2,1-4H3;(H3,1,2,3,4)/q3*+1;/p-3. The summed E-state index contributed by atoms with van der Waals surface area (Å²) in [7, 11) is -5.39. The van der Waals surface area contributed by atoms with Crippen molar-refractivity contribution >= 4 is 7.82 Å². The third-order valence-electron chi connectivity index (χ3n) is 10.8. The minimum absolute atomic E-state index is 0.287. The molecule has 3 atom stereocenters. The summed E-state index contributed by atoms with van der Waals surface area (Å²) in [6.45, 7) is 30.4. The summed E-state index contributed by atoms with van der Waals surface area (Å²) in [6, 6.07) is -0.861. The van der Waals surface area contributed by atoms with Crippen LogP contribution in [0.5, 0.6) is 0 Å². The predicted molar refractivity (Wildman–Crippen MR) is 178 cm³/mol. The van der Waals surface area contributed by atoms with Crippen molar-refractivity contribution in [2.75, 3.05) is 58.9 Å². The summed E-state index contributed by atoms with van der Waals surface area (Å²) in [5.41, 5.74) is 0. The molecule has 0 radical (unpaired) electrons. The van der Waals surface area contributed by atoms with Gasteiger partial charge >= 0.3 is 18.5 Å². The van der Waals surface area contributed by atoms with Crippen LogP contribution in [0.4, 0.5) is 39.5 Å². The van der Waals surface area contributed by atoms with Crippen LogP contribution in [-0.2, 0) is 4.57 Å². The number of quaternary nitrogens is 3. The average molecular weight is 774 g/mol. The second-order valence-electron chi connectivity index (χ2n) is 12.6. The molecule has 0 N–H and O–H groups in total. The maximum absolute atomic E-state index is 12.4. The van der Waals surface area contributed by atoms with E-state index in [1.165, 1.54) is 0 Å². The summed E-state index contributed by atoms with van der Waals surface area (Å²) < 4.78 is 122. The van der Waals surface area contributed by atoms with Crippen molar-refractivity contribution < 1.29 is 72.2 Å². The molecule has 0 heterocycles. The summed E-state index contributed by atoms with van der Waals surface area (Å²) in [5.74, 6) is 0. The Morgan fingerprint density at radius 3 is 0.580 bits per heavy atom.